The molecule has 0 amide bonds. The third-order valence-electron chi connectivity index (χ3n) is 5.20. The van der Waals surface area contributed by atoms with E-state index < -0.39 is 6.04 Å². The van der Waals surface area contributed by atoms with Crippen molar-refractivity contribution in [3.8, 4) is 0 Å². The van der Waals surface area contributed by atoms with E-state index in [1.807, 2.05) is 32.2 Å². The van der Waals surface area contributed by atoms with E-state index in [2.05, 4.69) is 30.9 Å². The summed E-state index contributed by atoms with van der Waals surface area (Å²) in [4.78, 5) is 18.0. The number of ether oxygens (including phenoxy) is 1. The molecule has 0 radical (unpaired) electrons. The van der Waals surface area contributed by atoms with Crippen LogP contribution in [0.25, 0.3) is 10.4 Å². The van der Waals surface area contributed by atoms with Crippen LogP contribution in [0.15, 0.2) is 44.4 Å². The summed E-state index contributed by atoms with van der Waals surface area (Å²) in [6, 6.07) is 5.47. The first-order valence-corrected chi connectivity index (χ1v) is 10.7. The Labute approximate surface area is 178 Å². The summed E-state index contributed by atoms with van der Waals surface area (Å²) in [5.74, 6) is 1.56. The highest BCUT2D eigenvalue weighted by Gasteiger charge is 2.36. The van der Waals surface area contributed by atoms with Gasteiger partial charge in [-0.2, -0.15) is 0 Å². The lowest BCUT2D eigenvalue weighted by Gasteiger charge is -2.31. The average Bonchev–Trinajstić information content (AvgIpc) is 3.17. The SMILES string of the molecule is Cc1c(Cl)cccc1CN1C2=NC(N3CCOCC3)SC2=CN=C1C(C)N=[N+]=[N-]. The van der Waals surface area contributed by atoms with Gasteiger partial charge < -0.3 is 9.64 Å². The van der Waals surface area contributed by atoms with Crippen molar-refractivity contribution in [2.45, 2.75) is 31.9 Å². The van der Waals surface area contributed by atoms with E-state index in [0.717, 1.165) is 53.2 Å². The van der Waals surface area contributed by atoms with Gasteiger partial charge in [-0.1, -0.05) is 40.6 Å². The largest absolute Gasteiger partial charge is 0.379 e. The zero-order valence-corrected chi connectivity index (χ0v) is 17.9. The quantitative estimate of drug-likeness (QED) is 0.397. The summed E-state index contributed by atoms with van der Waals surface area (Å²) in [5.41, 5.74) is 11.0. The molecule has 1 fully saturated rings. The number of thioether (sulfide) groups is 1. The van der Waals surface area contributed by atoms with E-state index in [-0.39, 0.29) is 5.50 Å². The molecule has 2 unspecified atom stereocenters. The smallest absolute Gasteiger partial charge is 0.156 e. The topological polar surface area (TPSA) is 89.2 Å². The van der Waals surface area contributed by atoms with Crippen molar-refractivity contribution in [2.24, 2.45) is 15.1 Å². The molecule has 1 aromatic carbocycles. The molecule has 1 saturated heterocycles. The molecule has 10 heteroatoms. The van der Waals surface area contributed by atoms with E-state index in [1.54, 1.807) is 11.8 Å². The van der Waals surface area contributed by atoms with Gasteiger partial charge in [0.1, 0.15) is 11.7 Å². The molecule has 3 aliphatic heterocycles. The number of amidine groups is 2. The van der Waals surface area contributed by atoms with Crippen LogP contribution in [0, 0.1) is 6.92 Å². The van der Waals surface area contributed by atoms with E-state index in [4.69, 9.17) is 26.9 Å². The fraction of sp³-hybridized carbons (Fsp3) is 0.474. The summed E-state index contributed by atoms with van der Waals surface area (Å²) >= 11 is 8.04. The summed E-state index contributed by atoms with van der Waals surface area (Å²) in [5, 5.41) is 4.59. The molecule has 29 heavy (non-hydrogen) atoms. The lowest BCUT2D eigenvalue weighted by molar-refractivity contribution is 0.0341. The van der Waals surface area contributed by atoms with Gasteiger partial charge in [0.05, 0.1) is 30.7 Å². The monoisotopic (exact) mass is 431 g/mol. The van der Waals surface area contributed by atoms with Gasteiger partial charge in [-0.3, -0.25) is 4.90 Å². The lowest BCUT2D eigenvalue weighted by Crippen LogP contribution is -2.43. The highest BCUT2D eigenvalue weighted by molar-refractivity contribution is 8.04. The molecule has 152 valence electrons. The Hall–Kier alpha value is -2.03. The molecule has 2 atom stereocenters. The molecule has 0 aromatic heterocycles. The van der Waals surface area contributed by atoms with Crippen LogP contribution in [0.4, 0.5) is 0 Å². The molecule has 0 bridgehead atoms. The second-order valence-electron chi connectivity index (χ2n) is 7.02. The summed E-state index contributed by atoms with van der Waals surface area (Å²) in [7, 11) is 0. The van der Waals surface area contributed by atoms with E-state index in [1.165, 1.54) is 0 Å². The van der Waals surface area contributed by atoms with Crippen LogP contribution in [-0.2, 0) is 11.3 Å². The molecule has 0 N–H and O–H groups in total. The number of benzene rings is 1. The number of halogens is 1. The normalized spacial score (nSPS) is 22.9. The van der Waals surface area contributed by atoms with Crippen molar-refractivity contribution in [1.82, 2.24) is 9.80 Å². The molecule has 0 aliphatic carbocycles. The van der Waals surface area contributed by atoms with Gasteiger partial charge in [0.15, 0.2) is 5.50 Å². The molecule has 4 rings (SSSR count). The second-order valence-corrected chi connectivity index (χ2v) is 8.52. The van der Waals surface area contributed by atoms with Crippen LogP contribution in [0.3, 0.4) is 0 Å². The van der Waals surface area contributed by atoms with Gasteiger partial charge in [0.25, 0.3) is 0 Å². The number of morpholine rings is 1. The number of aliphatic imine (C=N–C) groups is 2. The number of fused-ring (bicyclic) bond motifs is 1. The van der Waals surface area contributed by atoms with Crippen molar-refractivity contribution in [3.63, 3.8) is 0 Å². The minimum atomic E-state index is -0.410. The molecule has 0 spiro atoms. The number of rotatable bonds is 5. The lowest BCUT2D eigenvalue weighted by atomic mass is 10.1. The van der Waals surface area contributed by atoms with Crippen LogP contribution in [0.2, 0.25) is 5.02 Å². The van der Waals surface area contributed by atoms with Crippen LogP contribution in [0.1, 0.15) is 18.1 Å². The summed E-state index contributed by atoms with van der Waals surface area (Å²) in [6.45, 7) is 7.58. The van der Waals surface area contributed by atoms with Gasteiger partial charge >= 0.3 is 0 Å². The Morgan fingerprint density at radius 3 is 2.97 bits per heavy atom. The number of nitrogens with zero attached hydrogens (tertiary/aromatic N) is 7. The second kappa shape index (κ2) is 8.77. The Balaban J connectivity index is 1.68. The Morgan fingerprint density at radius 1 is 1.41 bits per heavy atom. The molecular formula is C19H22ClN7OS. The molecule has 0 saturated carbocycles. The summed E-state index contributed by atoms with van der Waals surface area (Å²) < 4.78 is 5.47. The van der Waals surface area contributed by atoms with E-state index >= 15 is 0 Å². The third-order valence-corrected chi connectivity index (χ3v) is 6.76. The highest BCUT2D eigenvalue weighted by Crippen LogP contribution is 2.38. The first-order chi connectivity index (χ1) is 14.1. The zero-order valence-electron chi connectivity index (χ0n) is 16.3. The van der Waals surface area contributed by atoms with Gasteiger partial charge in [-0.15, -0.1) is 0 Å². The maximum absolute atomic E-state index is 8.92. The maximum atomic E-state index is 8.92. The number of hydrogen-bond acceptors (Lipinski definition) is 7. The zero-order chi connectivity index (χ0) is 20.4. The van der Waals surface area contributed by atoms with Gasteiger partial charge in [0, 0.05) is 29.2 Å². The van der Waals surface area contributed by atoms with Crippen LogP contribution in [0.5, 0.6) is 0 Å². The highest BCUT2D eigenvalue weighted by atomic mass is 35.5. The van der Waals surface area contributed by atoms with Gasteiger partial charge in [-0.25, -0.2) is 9.98 Å². The van der Waals surface area contributed by atoms with Crippen molar-refractivity contribution < 1.29 is 4.74 Å². The minimum absolute atomic E-state index is 0.00688. The number of azide groups is 1. The fourth-order valence-corrected chi connectivity index (χ4v) is 4.84. The van der Waals surface area contributed by atoms with Crippen molar-refractivity contribution in [1.29, 1.82) is 0 Å². The maximum Gasteiger partial charge on any atom is 0.156 e. The average molecular weight is 432 g/mol. The van der Waals surface area contributed by atoms with E-state index in [0.29, 0.717) is 12.4 Å². The van der Waals surface area contributed by atoms with E-state index in [9.17, 15) is 0 Å². The Kier molecular flexibility index (Phi) is 6.12. The van der Waals surface area contributed by atoms with Crippen LogP contribution < -0.4 is 0 Å². The van der Waals surface area contributed by atoms with Crippen molar-refractivity contribution >= 4 is 35.0 Å². The Morgan fingerprint density at radius 2 is 2.21 bits per heavy atom. The predicted molar refractivity (Wildman–Crippen MR) is 117 cm³/mol. The third kappa shape index (κ3) is 4.15. The van der Waals surface area contributed by atoms with Gasteiger partial charge in [-0.05, 0) is 36.6 Å². The Bertz CT molecular complexity index is 934. The molecular weight excluding hydrogens is 410 g/mol. The predicted octanol–water partition coefficient (Wildman–Crippen LogP) is 4.16. The molecule has 8 nitrogen and oxygen atoms in total. The molecule has 3 aliphatic rings. The molecule has 3 heterocycles. The van der Waals surface area contributed by atoms with Crippen molar-refractivity contribution in [2.75, 3.05) is 26.3 Å². The first kappa shape index (κ1) is 20.3. The first-order valence-electron chi connectivity index (χ1n) is 9.48. The van der Waals surface area contributed by atoms with Crippen LogP contribution >= 0.6 is 23.4 Å². The van der Waals surface area contributed by atoms with Crippen molar-refractivity contribution in [3.05, 3.63) is 55.9 Å². The van der Waals surface area contributed by atoms with Crippen LogP contribution in [-0.4, -0.2) is 59.3 Å². The minimum Gasteiger partial charge on any atom is -0.379 e. The summed E-state index contributed by atoms with van der Waals surface area (Å²) in [6.07, 6.45) is 1.84. The standard InChI is InChI=1S/C19H22ClN7OS/c1-12-14(4-3-5-15(12)20)11-27-17(13(2)24-25-21)22-10-16-18(27)23-19(29-16)26-6-8-28-9-7-26/h3-5,10,13,19H,6-9,11H2,1-2H3. The molecule has 1 aromatic rings. The fourth-order valence-electron chi connectivity index (χ4n) is 3.52. The number of hydrogen-bond donors (Lipinski definition) is 0. The van der Waals surface area contributed by atoms with Gasteiger partial charge in [0.2, 0.25) is 0 Å².